The minimum Gasteiger partial charge on any atom is -0.496 e. The lowest BCUT2D eigenvalue weighted by atomic mass is 9.89. The predicted octanol–water partition coefficient (Wildman–Crippen LogP) is 1.99. The number of rotatable bonds is 9. The van der Waals surface area contributed by atoms with Gasteiger partial charge in [0, 0.05) is 70.3 Å². The van der Waals surface area contributed by atoms with E-state index in [1.807, 2.05) is 24.4 Å². The summed E-state index contributed by atoms with van der Waals surface area (Å²) in [5.74, 6) is -1.06. The fourth-order valence-corrected chi connectivity index (χ4v) is 8.32. The zero-order valence-electron chi connectivity index (χ0n) is 33.3. The molecule has 0 saturated carbocycles. The smallest absolute Gasteiger partial charge is 0.290 e. The standard InChI is InChI=1S/C41H42N6O10.CH2O2/c1-44-20-30(26-8-11-42-19-29(26)38(44)51)24-16-33(54-2)31(34(17-24)55-3)21-45-12-9-41(10-13-45)23-46(14-15-57-41)36(49)22-56-25-4-5-27-28(18-25)40(53)47(39(27)52)32-6-7-35(48)43-37(32)50;2-1-3/h4-5,8,11,16-20,32H,6-7,9-10,12-15,21-23H2,1-3H3,(H,43,48,50);1H,(H,2,3). The Hall–Kier alpha value is -6.66. The van der Waals surface area contributed by atoms with Crippen LogP contribution in [-0.2, 0) is 37.5 Å². The van der Waals surface area contributed by atoms with Crippen LogP contribution < -0.4 is 25.1 Å². The van der Waals surface area contributed by atoms with Crippen LogP contribution in [0, 0.1) is 0 Å². The van der Waals surface area contributed by atoms with Gasteiger partial charge in [-0.1, -0.05) is 0 Å². The number of aryl methyl sites for hydroxylation is 1. The number of likely N-dealkylation sites (tertiary alicyclic amines) is 1. The van der Waals surface area contributed by atoms with Gasteiger partial charge in [-0.15, -0.1) is 0 Å². The molecular formula is C42H44N6O12. The maximum absolute atomic E-state index is 13.4. The molecule has 1 spiro atoms. The Morgan fingerprint density at radius 2 is 1.67 bits per heavy atom. The van der Waals surface area contributed by atoms with Crippen molar-refractivity contribution in [3.05, 3.63) is 82.0 Å². The molecule has 0 aliphatic carbocycles. The zero-order valence-corrected chi connectivity index (χ0v) is 33.3. The summed E-state index contributed by atoms with van der Waals surface area (Å²) in [6.07, 6.45) is 6.54. The molecule has 0 bridgehead atoms. The SMILES string of the molecule is COc1cc(-c2cn(C)c(=O)c3cnccc23)cc(OC)c1CN1CCC2(CC1)CN(C(=O)COc1ccc3c(c1)C(=O)N(C1CCC(=O)NC1=O)C3=O)CCO2.O=CO. The average molecular weight is 825 g/mol. The topological polar surface area (TPSA) is 216 Å². The Kier molecular flexibility index (Phi) is 12.0. The molecular weight excluding hydrogens is 780 g/mol. The Balaban J connectivity index is 0.00000176. The van der Waals surface area contributed by atoms with Crippen molar-refractivity contribution in [1.29, 1.82) is 0 Å². The van der Waals surface area contributed by atoms with Crippen LogP contribution in [0.5, 0.6) is 17.2 Å². The van der Waals surface area contributed by atoms with Gasteiger partial charge in [-0.05, 0) is 66.6 Å². The summed E-state index contributed by atoms with van der Waals surface area (Å²) in [5, 5.41) is 10.4. The van der Waals surface area contributed by atoms with Crippen LogP contribution in [0.3, 0.4) is 0 Å². The highest BCUT2D eigenvalue weighted by Gasteiger charge is 2.45. The number of ether oxygens (including phenoxy) is 4. The van der Waals surface area contributed by atoms with Gasteiger partial charge in [-0.3, -0.25) is 53.7 Å². The molecule has 2 aromatic heterocycles. The molecule has 314 valence electrons. The third-order valence-electron chi connectivity index (χ3n) is 11.4. The van der Waals surface area contributed by atoms with Gasteiger partial charge in [-0.2, -0.15) is 0 Å². The zero-order chi connectivity index (χ0) is 42.7. The first-order valence-electron chi connectivity index (χ1n) is 19.3. The lowest BCUT2D eigenvalue weighted by molar-refractivity contribution is -0.161. The monoisotopic (exact) mass is 824 g/mol. The molecule has 8 rings (SSSR count). The number of benzene rings is 2. The van der Waals surface area contributed by atoms with Gasteiger partial charge in [-0.25, -0.2) is 0 Å². The number of piperidine rings is 2. The molecule has 60 heavy (non-hydrogen) atoms. The highest BCUT2D eigenvalue weighted by atomic mass is 16.5. The first-order chi connectivity index (χ1) is 28.9. The van der Waals surface area contributed by atoms with Gasteiger partial charge in [0.25, 0.3) is 29.8 Å². The van der Waals surface area contributed by atoms with E-state index < -0.39 is 35.3 Å². The fraction of sp³-hybridized carbons (Fsp3) is 0.381. The van der Waals surface area contributed by atoms with E-state index in [-0.39, 0.29) is 54.3 Å². The van der Waals surface area contributed by atoms with Crippen LogP contribution in [0.2, 0.25) is 0 Å². The number of nitrogens with zero attached hydrogens (tertiary/aromatic N) is 5. The van der Waals surface area contributed by atoms with E-state index in [2.05, 4.69) is 15.2 Å². The van der Waals surface area contributed by atoms with Crippen LogP contribution in [0.25, 0.3) is 21.9 Å². The van der Waals surface area contributed by atoms with Gasteiger partial charge in [0.15, 0.2) is 6.61 Å². The number of amides is 5. The Morgan fingerprint density at radius 3 is 2.35 bits per heavy atom. The highest BCUT2D eigenvalue weighted by molar-refractivity contribution is 6.23. The minimum atomic E-state index is -1.07. The van der Waals surface area contributed by atoms with E-state index in [0.29, 0.717) is 69.1 Å². The summed E-state index contributed by atoms with van der Waals surface area (Å²) < 4.78 is 25.5. The second-order valence-electron chi connectivity index (χ2n) is 14.9. The number of hydrogen-bond donors (Lipinski definition) is 2. The second-order valence-corrected chi connectivity index (χ2v) is 14.9. The summed E-state index contributed by atoms with van der Waals surface area (Å²) in [6.45, 7) is 2.67. The van der Waals surface area contributed by atoms with Gasteiger partial charge in [0.05, 0.1) is 48.5 Å². The van der Waals surface area contributed by atoms with Gasteiger partial charge >= 0.3 is 0 Å². The fourth-order valence-electron chi connectivity index (χ4n) is 8.32. The first-order valence-corrected chi connectivity index (χ1v) is 19.3. The van der Waals surface area contributed by atoms with Crippen LogP contribution in [0.15, 0.2) is 59.8 Å². The Morgan fingerprint density at radius 1 is 0.967 bits per heavy atom. The van der Waals surface area contributed by atoms with Crippen LogP contribution in [0.1, 0.15) is 52.0 Å². The van der Waals surface area contributed by atoms with Crippen molar-refractivity contribution in [2.45, 2.75) is 43.9 Å². The molecule has 0 radical (unpaired) electrons. The summed E-state index contributed by atoms with van der Waals surface area (Å²) in [5.41, 5.74) is 2.17. The van der Waals surface area contributed by atoms with E-state index in [1.165, 1.54) is 18.2 Å². The molecule has 1 atom stereocenters. The molecule has 3 saturated heterocycles. The molecule has 5 amide bonds. The van der Waals surface area contributed by atoms with Crippen molar-refractivity contribution in [3.63, 3.8) is 0 Å². The van der Waals surface area contributed by atoms with Crippen LogP contribution in [0.4, 0.5) is 0 Å². The van der Waals surface area contributed by atoms with E-state index >= 15 is 0 Å². The largest absolute Gasteiger partial charge is 0.496 e. The number of carboxylic acid groups (broad SMARTS) is 1. The number of pyridine rings is 2. The molecule has 4 aliphatic rings. The molecule has 6 heterocycles. The number of nitrogens with one attached hydrogen (secondary N) is 1. The number of morpholine rings is 1. The normalized spacial score (nSPS) is 18.8. The Bertz CT molecular complexity index is 2420. The van der Waals surface area contributed by atoms with Gasteiger partial charge < -0.3 is 33.5 Å². The first kappa shape index (κ1) is 41.5. The second kappa shape index (κ2) is 17.3. The lowest BCUT2D eigenvalue weighted by Crippen LogP contribution is -2.58. The molecule has 4 aromatic rings. The molecule has 4 aliphatic heterocycles. The molecule has 3 fully saturated rings. The molecule has 2 N–H and O–H groups in total. The van der Waals surface area contributed by atoms with E-state index in [1.54, 1.807) is 43.1 Å². The van der Waals surface area contributed by atoms with Crippen LogP contribution >= 0.6 is 0 Å². The van der Waals surface area contributed by atoms with Gasteiger partial charge in [0.2, 0.25) is 11.8 Å². The molecule has 18 nitrogen and oxygen atoms in total. The quantitative estimate of drug-likeness (QED) is 0.182. The van der Waals surface area contributed by atoms with Crippen molar-refractivity contribution >= 4 is 46.8 Å². The summed E-state index contributed by atoms with van der Waals surface area (Å²) in [7, 11) is 4.98. The van der Waals surface area contributed by atoms with Crippen LogP contribution in [-0.4, -0.2) is 131 Å². The highest BCUT2D eigenvalue weighted by Crippen LogP contribution is 2.39. The Labute approximate surface area is 343 Å². The lowest BCUT2D eigenvalue weighted by Gasteiger charge is -2.47. The number of fused-ring (bicyclic) bond motifs is 2. The number of methoxy groups -OCH3 is 2. The molecule has 1 unspecified atom stereocenters. The molecule has 18 heteroatoms. The summed E-state index contributed by atoms with van der Waals surface area (Å²) >= 11 is 0. The third-order valence-corrected chi connectivity index (χ3v) is 11.4. The molecule has 2 aromatic carbocycles. The average Bonchev–Trinajstić information content (AvgIpc) is 3.50. The van der Waals surface area contributed by atoms with Crippen molar-refractivity contribution in [2.24, 2.45) is 7.05 Å². The maximum Gasteiger partial charge on any atom is 0.290 e. The van der Waals surface area contributed by atoms with E-state index in [0.717, 1.165) is 27.0 Å². The number of carbonyl (C=O) groups excluding carboxylic acids is 5. The van der Waals surface area contributed by atoms with Crippen molar-refractivity contribution < 1.29 is 52.8 Å². The predicted molar refractivity (Wildman–Crippen MR) is 213 cm³/mol. The number of aromatic nitrogens is 2. The summed E-state index contributed by atoms with van der Waals surface area (Å²) in [4.78, 5) is 94.0. The van der Waals surface area contributed by atoms with Gasteiger partial charge in [0.1, 0.15) is 23.3 Å². The van der Waals surface area contributed by atoms with E-state index in [4.69, 9.17) is 28.8 Å². The summed E-state index contributed by atoms with van der Waals surface area (Å²) in [6, 6.07) is 9.08. The number of hydrogen-bond acceptors (Lipinski definition) is 13. The maximum atomic E-state index is 13.4. The third kappa shape index (κ3) is 8.02. The number of carbonyl (C=O) groups is 6. The van der Waals surface area contributed by atoms with Crippen molar-refractivity contribution in [1.82, 2.24) is 29.6 Å². The van der Waals surface area contributed by atoms with E-state index in [9.17, 15) is 28.8 Å². The minimum absolute atomic E-state index is 0.0265. The van der Waals surface area contributed by atoms with Crippen molar-refractivity contribution in [2.75, 3.05) is 53.6 Å². The van der Waals surface area contributed by atoms with Crippen molar-refractivity contribution in [3.8, 4) is 28.4 Å². The number of imide groups is 2.